The molecule has 1 aliphatic rings. The molecule has 0 aromatic heterocycles. The van der Waals surface area contributed by atoms with Crippen LogP contribution in [-0.2, 0) is 0 Å². The van der Waals surface area contributed by atoms with Gasteiger partial charge in [0.2, 0.25) is 0 Å². The second-order valence-electron chi connectivity index (χ2n) is 5.64. The summed E-state index contributed by atoms with van der Waals surface area (Å²) in [4.78, 5) is 13.2. The van der Waals surface area contributed by atoms with Crippen LogP contribution in [0.1, 0.15) is 36.2 Å². The van der Waals surface area contributed by atoms with Crippen LogP contribution in [0.3, 0.4) is 0 Å². The van der Waals surface area contributed by atoms with Crippen molar-refractivity contribution in [3.63, 3.8) is 0 Å². The number of aryl methyl sites for hydroxylation is 1. The van der Waals surface area contributed by atoms with E-state index in [1.807, 2.05) is 13.0 Å². The van der Waals surface area contributed by atoms with Crippen LogP contribution >= 0.6 is 0 Å². The second kappa shape index (κ2) is 4.06. The molecule has 92 valence electrons. The average molecular weight is 233 g/mol. The molecule has 0 spiro atoms. The maximum absolute atomic E-state index is 10.9. The Morgan fingerprint density at radius 1 is 1.41 bits per heavy atom. The van der Waals surface area contributed by atoms with Crippen LogP contribution in [0, 0.1) is 12.3 Å². The lowest BCUT2D eigenvalue weighted by Crippen LogP contribution is -2.23. The zero-order valence-corrected chi connectivity index (χ0v) is 10.7. The van der Waals surface area contributed by atoms with E-state index < -0.39 is 5.97 Å². The van der Waals surface area contributed by atoms with Crippen LogP contribution in [0.2, 0.25) is 0 Å². The van der Waals surface area contributed by atoms with Crippen LogP contribution in [0.5, 0.6) is 0 Å². The Balaban J connectivity index is 2.26. The molecule has 0 radical (unpaired) electrons. The third-order valence-corrected chi connectivity index (χ3v) is 3.46. The Bertz CT molecular complexity index is 452. The molecule has 0 aliphatic carbocycles. The highest BCUT2D eigenvalue weighted by atomic mass is 16.4. The van der Waals surface area contributed by atoms with Crippen molar-refractivity contribution in [1.82, 2.24) is 0 Å². The molecular weight excluding hydrogens is 214 g/mol. The van der Waals surface area contributed by atoms with E-state index in [1.54, 1.807) is 12.1 Å². The number of benzene rings is 1. The monoisotopic (exact) mass is 233 g/mol. The van der Waals surface area contributed by atoms with Gasteiger partial charge >= 0.3 is 5.97 Å². The fourth-order valence-electron chi connectivity index (χ4n) is 2.46. The lowest BCUT2D eigenvalue weighted by atomic mass is 9.93. The van der Waals surface area contributed by atoms with Crippen molar-refractivity contribution in [1.29, 1.82) is 0 Å². The summed E-state index contributed by atoms with van der Waals surface area (Å²) in [6, 6.07) is 5.37. The summed E-state index contributed by atoms with van der Waals surface area (Å²) in [5.41, 5.74) is 2.94. The van der Waals surface area contributed by atoms with Gasteiger partial charge in [0, 0.05) is 18.8 Å². The maximum Gasteiger partial charge on any atom is 0.335 e. The van der Waals surface area contributed by atoms with Gasteiger partial charge < -0.3 is 10.0 Å². The van der Waals surface area contributed by atoms with Gasteiger partial charge in [-0.15, -0.1) is 0 Å². The van der Waals surface area contributed by atoms with E-state index in [4.69, 9.17) is 5.11 Å². The minimum absolute atomic E-state index is 0.359. The molecule has 1 fully saturated rings. The minimum atomic E-state index is -0.860. The molecule has 1 N–H and O–H groups in total. The predicted octanol–water partition coefficient (Wildman–Crippen LogP) is 2.93. The summed E-state index contributed by atoms with van der Waals surface area (Å²) >= 11 is 0. The SMILES string of the molecule is Cc1cc(C(=O)O)ccc1N1CCC(C)(C)C1. The van der Waals surface area contributed by atoms with Crippen LogP contribution < -0.4 is 4.90 Å². The summed E-state index contributed by atoms with van der Waals surface area (Å²) in [5, 5.41) is 8.93. The number of aromatic carboxylic acids is 1. The number of hydrogen-bond donors (Lipinski definition) is 1. The first kappa shape index (κ1) is 12.0. The third kappa shape index (κ3) is 2.43. The first-order valence-electron chi connectivity index (χ1n) is 5.98. The number of carboxylic acid groups (broad SMARTS) is 1. The highest BCUT2D eigenvalue weighted by molar-refractivity contribution is 5.88. The normalized spacial score (nSPS) is 18.4. The molecule has 0 amide bonds. The van der Waals surface area contributed by atoms with Crippen LogP contribution in [-0.4, -0.2) is 24.2 Å². The summed E-state index contributed by atoms with van der Waals surface area (Å²) < 4.78 is 0. The van der Waals surface area contributed by atoms with Gasteiger partial charge in [-0.2, -0.15) is 0 Å². The quantitative estimate of drug-likeness (QED) is 0.853. The van der Waals surface area contributed by atoms with Gasteiger partial charge in [0.05, 0.1) is 5.56 Å². The molecule has 3 nitrogen and oxygen atoms in total. The summed E-state index contributed by atoms with van der Waals surface area (Å²) in [7, 11) is 0. The number of carboxylic acids is 1. The van der Waals surface area contributed by atoms with Crippen LogP contribution in [0.15, 0.2) is 18.2 Å². The van der Waals surface area contributed by atoms with Crippen molar-refractivity contribution in [3.05, 3.63) is 29.3 Å². The zero-order chi connectivity index (χ0) is 12.6. The van der Waals surface area contributed by atoms with Gasteiger partial charge in [-0.25, -0.2) is 4.79 Å². The molecule has 0 bridgehead atoms. The number of anilines is 1. The topological polar surface area (TPSA) is 40.5 Å². The fourth-order valence-corrected chi connectivity index (χ4v) is 2.46. The van der Waals surface area contributed by atoms with Gasteiger partial charge in [0.15, 0.2) is 0 Å². The third-order valence-electron chi connectivity index (χ3n) is 3.46. The largest absolute Gasteiger partial charge is 0.478 e. The minimum Gasteiger partial charge on any atom is -0.478 e. The maximum atomic E-state index is 10.9. The van der Waals surface area contributed by atoms with Gasteiger partial charge in [-0.3, -0.25) is 0 Å². The molecule has 0 atom stereocenters. The summed E-state index contributed by atoms with van der Waals surface area (Å²) in [6.45, 7) is 8.62. The molecule has 0 saturated carbocycles. The van der Waals surface area contributed by atoms with Crippen LogP contribution in [0.4, 0.5) is 5.69 Å². The van der Waals surface area contributed by atoms with E-state index in [0.717, 1.165) is 18.7 Å². The number of hydrogen-bond acceptors (Lipinski definition) is 2. The molecule has 0 unspecified atom stereocenters. The standard InChI is InChI=1S/C14H19NO2/c1-10-8-11(13(16)17)4-5-12(10)15-7-6-14(2,3)9-15/h4-5,8H,6-7,9H2,1-3H3,(H,16,17). The molecule has 2 rings (SSSR count). The average Bonchev–Trinajstić information content (AvgIpc) is 2.58. The molecule has 3 heteroatoms. The molecule has 1 saturated heterocycles. The Morgan fingerprint density at radius 3 is 2.59 bits per heavy atom. The Morgan fingerprint density at radius 2 is 2.12 bits per heavy atom. The van der Waals surface area contributed by atoms with Gasteiger partial charge in [0.25, 0.3) is 0 Å². The fraction of sp³-hybridized carbons (Fsp3) is 0.500. The van der Waals surface area contributed by atoms with Gasteiger partial charge in [0.1, 0.15) is 0 Å². The molecule has 1 heterocycles. The number of rotatable bonds is 2. The smallest absolute Gasteiger partial charge is 0.335 e. The van der Waals surface area contributed by atoms with E-state index in [-0.39, 0.29) is 0 Å². The van der Waals surface area contributed by atoms with Gasteiger partial charge in [-0.05, 0) is 42.5 Å². The summed E-state index contributed by atoms with van der Waals surface area (Å²) in [6.07, 6.45) is 1.19. The van der Waals surface area contributed by atoms with E-state index >= 15 is 0 Å². The zero-order valence-electron chi connectivity index (χ0n) is 10.7. The molecular formula is C14H19NO2. The van der Waals surface area contributed by atoms with Gasteiger partial charge in [-0.1, -0.05) is 13.8 Å². The van der Waals surface area contributed by atoms with Crippen molar-refractivity contribution >= 4 is 11.7 Å². The predicted molar refractivity (Wildman–Crippen MR) is 68.7 cm³/mol. The van der Waals surface area contributed by atoms with Crippen molar-refractivity contribution in [2.45, 2.75) is 27.2 Å². The first-order chi connectivity index (χ1) is 7.89. The molecule has 1 aromatic rings. The summed E-state index contributed by atoms with van der Waals surface area (Å²) in [5.74, 6) is -0.860. The van der Waals surface area contributed by atoms with Crippen molar-refractivity contribution < 1.29 is 9.90 Å². The molecule has 1 aromatic carbocycles. The lowest BCUT2D eigenvalue weighted by Gasteiger charge is -2.23. The van der Waals surface area contributed by atoms with Crippen molar-refractivity contribution in [2.24, 2.45) is 5.41 Å². The van der Waals surface area contributed by atoms with E-state index in [9.17, 15) is 4.79 Å². The Labute approximate surface area is 102 Å². The highest BCUT2D eigenvalue weighted by Gasteiger charge is 2.29. The number of nitrogens with zero attached hydrogens (tertiary/aromatic N) is 1. The van der Waals surface area contributed by atoms with Crippen molar-refractivity contribution in [3.8, 4) is 0 Å². The van der Waals surface area contributed by atoms with E-state index in [1.165, 1.54) is 12.1 Å². The first-order valence-corrected chi connectivity index (χ1v) is 5.98. The molecule has 1 aliphatic heterocycles. The molecule has 17 heavy (non-hydrogen) atoms. The second-order valence-corrected chi connectivity index (χ2v) is 5.64. The van der Waals surface area contributed by atoms with E-state index in [0.29, 0.717) is 11.0 Å². The Kier molecular flexibility index (Phi) is 2.86. The number of carbonyl (C=O) groups is 1. The van der Waals surface area contributed by atoms with E-state index in [2.05, 4.69) is 18.7 Å². The van der Waals surface area contributed by atoms with Crippen molar-refractivity contribution in [2.75, 3.05) is 18.0 Å². The van der Waals surface area contributed by atoms with Crippen LogP contribution in [0.25, 0.3) is 0 Å². The lowest BCUT2D eigenvalue weighted by molar-refractivity contribution is 0.0697. The Hall–Kier alpha value is -1.51. The highest BCUT2D eigenvalue weighted by Crippen LogP contribution is 2.34.